The van der Waals surface area contributed by atoms with Crippen molar-refractivity contribution in [3.63, 3.8) is 0 Å². The van der Waals surface area contributed by atoms with E-state index in [1.54, 1.807) is 7.11 Å². The molecule has 2 N–H and O–H groups in total. The van der Waals surface area contributed by atoms with Gasteiger partial charge in [0, 0.05) is 10.9 Å². The zero-order valence-electron chi connectivity index (χ0n) is 16.5. The topological polar surface area (TPSA) is 103 Å². The number of nitrogen functional groups attached to an aromatic ring is 1. The molecule has 7 nitrogen and oxygen atoms in total. The number of nitriles is 1. The second-order valence-electron chi connectivity index (χ2n) is 6.86. The van der Waals surface area contributed by atoms with Crippen molar-refractivity contribution in [2.45, 2.75) is 27.7 Å². The number of benzene rings is 1. The number of nitrogens with zero attached hydrogens (tertiary/aromatic N) is 5. The van der Waals surface area contributed by atoms with Gasteiger partial charge < -0.3 is 10.5 Å². The predicted molar refractivity (Wildman–Crippen MR) is 109 cm³/mol. The number of ether oxygens (including phenoxy) is 1. The number of hydrogen-bond acceptors (Lipinski definition) is 6. The Labute approximate surface area is 162 Å². The van der Waals surface area contributed by atoms with E-state index >= 15 is 0 Å². The molecule has 28 heavy (non-hydrogen) atoms. The number of anilines is 1. The van der Waals surface area contributed by atoms with Gasteiger partial charge in [0.1, 0.15) is 29.6 Å². The van der Waals surface area contributed by atoms with Crippen LogP contribution in [0.3, 0.4) is 0 Å². The monoisotopic (exact) mass is 372 g/mol. The predicted octanol–water partition coefficient (Wildman–Crippen LogP) is 3.66. The second kappa shape index (κ2) is 6.20. The van der Waals surface area contributed by atoms with Crippen LogP contribution in [0.4, 0.5) is 5.82 Å². The van der Waals surface area contributed by atoms with Crippen LogP contribution < -0.4 is 10.5 Å². The Hall–Kier alpha value is -3.66. The second-order valence-corrected chi connectivity index (χ2v) is 6.86. The summed E-state index contributed by atoms with van der Waals surface area (Å²) in [6.45, 7) is 7.80. The lowest BCUT2D eigenvalue weighted by atomic mass is 10.0. The number of methoxy groups -OCH3 is 1. The lowest BCUT2D eigenvalue weighted by Gasteiger charge is -2.16. The Morgan fingerprint density at radius 1 is 1.04 bits per heavy atom. The minimum atomic E-state index is 0.365. The van der Waals surface area contributed by atoms with Gasteiger partial charge in [-0.1, -0.05) is 6.07 Å². The summed E-state index contributed by atoms with van der Waals surface area (Å²) in [4.78, 5) is 13.5. The van der Waals surface area contributed by atoms with Gasteiger partial charge in [-0.05, 0) is 44.9 Å². The van der Waals surface area contributed by atoms with Crippen LogP contribution in [0.2, 0.25) is 0 Å². The van der Waals surface area contributed by atoms with E-state index in [0.29, 0.717) is 33.8 Å². The highest BCUT2D eigenvalue weighted by Gasteiger charge is 2.24. The summed E-state index contributed by atoms with van der Waals surface area (Å²) in [7, 11) is 1.65. The highest BCUT2D eigenvalue weighted by atomic mass is 16.5. The van der Waals surface area contributed by atoms with Crippen LogP contribution in [-0.4, -0.2) is 26.6 Å². The number of hydrogen-bond donors (Lipinski definition) is 1. The molecule has 7 heteroatoms. The molecule has 0 spiro atoms. The van der Waals surface area contributed by atoms with Crippen molar-refractivity contribution in [1.29, 1.82) is 5.26 Å². The van der Waals surface area contributed by atoms with E-state index in [0.717, 1.165) is 33.5 Å². The van der Waals surface area contributed by atoms with Crippen LogP contribution in [0, 0.1) is 39.0 Å². The van der Waals surface area contributed by atoms with E-state index in [1.165, 1.54) is 6.33 Å². The summed E-state index contributed by atoms with van der Waals surface area (Å²) in [6.07, 6.45) is 1.45. The number of pyridine rings is 1. The third kappa shape index (κ3) is 2.24. The van der Waals surface area contributed by atoms with Crippen molar-refractivity contribution in [2.24, 2.45) is 0 Å². The van der Waals surface area contributed by atoms with Crippen LogP contribution >= 0.6 is 0 Å². The normalized spacial score (nSPS) is 11.1. The molecule has 0 saturated carbocycles. The molecule has 0 aliphatic rings. The molecule has 0 atom stereocenters. The van der Waals surface area contributed by atoms with Gasteiger partial charge in [0.05, 0.1) is 29.4 Å². The third-order valence-electron chi connectivity index (χ3n) is 5.28. The maximum absolute atomic E-state index is 9.60. The van der Waals surface area contributed by atoms with Gasteiger partial charge in [0.25, 0.3) is 0 Å². The van der Waals surface area contributed by atoms with Crippen molar-refractivity contribution in [3.05, 3.63) is 46.4 Å². The first-order chi connectivity index (χ1) is 13.4. The summed E-state index contributed by atoms with van der Waals surface area (Å²) < 4.78 is 7.53. The standard InChI is InChI=1S/C21H20N6O/c1-10-6-7-15(28-5)12(3)18(10)27-20-17(19(23)24-9-25-20)16-11(2)14(8-22)13(4)26-21(16)27/h6-7,9H,1-5H3,(H2,23,24,25). The number of rotatable bonds is 2. The van der Waals surface area contributed by atoms with Crippen LogP contribution in [0.25, 0.3) is 27.8 Å². The summed E-state index contributed by atoms with van der Waals surface area (Å²) in [5, 5.41) is 11.1. The molecule has 4 rings (SSSR count). The highest BCUT2D eigenvalue weighted by Crippen LogP contribution is 2.38. The van der Waals surface area contributed by atoms with Crippen molar-refractivity contribution >= 4 is 27.9 Å². The van der Waals surface area contributed by atoms with Crippen LogP contribution in [0.1, 0.15) is 27.9 Å². The summed E-state index contributed by atoms with van der Waals surface area (Å²) in [6, 6.07) is 6.21. The van der Waals surface area contributed by atoms with E-state index in [4.69, 9.17) is 15.5 Å². The largest absolute Gasteiger partial charge is 0.496 e. The molecule has 0 amide bonds. The van der Waals surface area contributed by atoms with E-state index in [9.17, 15) is 5.26 Å². The first-order valence-corrected chi connectivity index (χ1v) is 8.87. The summed E-state index contributed by atoms with van der Waals surface area (Å²) in [5.74, 6) is 1.14. The van der Waals surface area contributed by atoms with Gasteiger partial charge in [-0.3, -0.25) is 4.57 Å². The first kappa shape index (κ1) is 17.7. The molecule has 1 aromatic carbocycles. The molecule has 0 unspecified atom stereocenters. The molecular weight excluding hydrogens is 352 g/mol. The maximum atomic E-state index is 9.60. The van der Waals surface area contributed by atoms with Crippen molar-refractivity contribution < 1.29 is 4.74 Å². The molecule has 0 bridgehead atoms. The minimum absolute atomic E-state index is 0.365. The zero-order chi connectivity index (χ0) is 20.2. The Balaban J connectivity index is 2.32. The van der Waals surface area contributed by atoms with E-state index in [1.807, 2.05) is 44.4 Å². The highest BCUT2D eigenvalue weighted by molar-refractivity contribution is 6.13. The van der Waals surface area contributed by atoms with E-state index in [-0.39, 0.29) is 0 Å². The Morgan fingerprint density at radius 3 is 2.46 bits per heavy atom. The molecule has 3 aromatic heterocycles. The van der Waals surface area contributed by atoms with E-state index in [2.05, 4.69) is 16.0 Å². The first-order valence-electron chi connectivity index (χ1n) is 8.87. The Kier molecular flexibility index (Phi) is 3.93. The van der Waals surface area contributed by atoms with Crippen molar-refractivity contribution in [2.75, 3.05) is 12.8 Å². The molecular formula is C21H20N6O. The maximum Gasteiger partial charge on any atom is 0.152 e. The van der Waals surface area contributed by atoms with Crippen LogP contribution in [-0.2, 0) is 0 Å². The third-order valence-corrected chi connectivity index (χ3v) is 5.28. The molecule has 0 aliphatic heterocycles. The lowest BCUT2D eigenvalue weighted by molar-refractivity contribution is 0.411. The van der Waals surface area contributed by atoms with E-state index < -0.39 is 0 Å². The molecule has 3 heterocycles. The van der Waals surface area contributed by atoms with Crippen LogP contribution in [0.15, 0.2) is 18.5 Å². The van der Waals surface area contributed by atoms with Gasteiger partial charge in [0.15, 0.2) is 5.65 Å². The van der Waals surface area contributed by atoms with Crippen LogP contribution in [0.5, 0.6) is 5.75 Å². The molecule has 4 aromatic rings. The number of fused-ring (bicyclic) bond motifs is 3. The van der Waals surface area contributed by atoms with Gasteiger partial charge >= 0.3 is 0 Å². The lowest BCUT2D eigenvalue weighted by Crippen LogP contribution is -2.05. The van der Waals surface area contributed by atoms with Gasteiger partial charge in [-0.15, -0.1) is 0 Å². The quantitative estimate of drug-likeness (QED) is 0.576. The Bertz CT molecular complexity index is 1310. The average Bonchev–Trinajstić information content (AvgIpc) is 2.98. The Morgan fingerprint density at radius 2 is 1.79 bits per heavy atom. The average molecular weight is 372 g/mol. The number of aromatic nitrogens is 4. The zero-order valence-corrected chi connectivity index (χ0v) is 16.5. The smallest absolute Gasteiger partial charge is 0.152 e. The van der Waals surface area contributed by atoms with Crippen molar-refractivity contribution in [1.82, 2.24) is 19.5 Å². The SMILES string of the molecule is COc1ccc(C)c(-n2c3ncnc(N)c3c3c(C)c(C#N)c(C)nc32)c1C. The van der Waals surface area contributed by atoms with Gasteiger partial charge in [-0.25, -0.2) is 15.0 Å². The molecule has 140 valence electrons. The molecule has 0 fully saturated rings. The molecule has 0 aliphatic carbocycles. The number of aryl methyl sites for hydroxylation is 3. The summed E-state index contributed by atoms with van der Waals surface area (Å²) >= 11 is 0. The fraction of sp³-hybridized carbons (Fsp3) is 0.238. The fourth-order valence-corrected chi connectivity index (χ4v) is 3.95. The fourth-order valence-electron chi connectivity index (χ4n) is 3.95. The van der Waals surface area contributed by atoms with Gasteiger partial charge in [0.2, 0.25) is 0 Å². The summed E-state index contributed by atoms with van der Waals surface area (Å²) in [5.41, 5.74) is 12.6. The number of nitrogens with two attached hydrogens (primary N) is 1. The molecule has 0 radical (unpaired) electrons. The van der Waals surface area contributed by atoms with Gasteiger partial charge in [-0.2, -0.15) is 5.26 Å². The molecule has 0 saturated heterocycles. The van der Waals surface area contributed by atoms with Crippen molar-refractivity contribution in [3.8, 4) is 17.5 Å². The minimum Gasteiger partial charge on any atom is -0.496 e.